The Morgan fingerprint density at radius 2 is 1.60 bits per heavy atom. The predicted octanol–water partition coefficient (Wildman–Crippen LogP) is 11.0. The van der Waals surface area contributed by atoms with Crippen LogP contribution in [0.15, 0.2) is 53.6 Å². The second-order valence-electron chi connectivity index (χ2n) is 11.4. The van der Waals surface area contributed by atoms with E-state index in [2.05, 4.69) is 37.1 Å². The van der Waals surface area contributed by atoms with Crippen molar-refractivity contribution < 1.29 is 9.53 Å². The summed E-state index contributed by atoms with van der Waals surface area (Å²) in [5, 5.41) is 0.646. The lowest BCUT2D eigenvalue weighted by Crippen LogP contribution is -2.30. The maximum Gasteiger partial charge on any atom is 0.223 e. The average molecular weight is 680 g/mol. The zero-order chi connectivity index (χ0) is 29.3. The molecule has 0 fully saturated rings. The molecule has 0 unspecified atom stereocenters. The number of carbonyl (C=O) groups excluding carboxylic acids is 1. The number of halogens is 2. The van der Waals surface area contributed by atoms with Gasteiger partial charge < -0.3 is 14.5 Å². The summed E-state index contributed by atoms with van der Waals surface area (Å²) in [6, 6.07) is 14.3. The molecule has 0 spiro atoms. The van der Waals surface area contributed by atoms with Crippen LogP contribution < -0.4 is 9.64 Å². The van der Waals surface area contributed by atoms with E-state index in [-0.39, 0.29) is 22.9 Å². The standard InChI is InChI=1S/C35H51ClN2O2S.BrH/c1-4-5-6-7-8-9-10-11-12-13-14-15-23-40-35-25-31(19-20-34(35)36)21-22-38(30(3)39)33-18-16-17-32(24-33)27-37-26-29(2)41-28-37;/h16-20,24-26H,4-15,21-23,27-28H2,1-3H3;1H. The molecule has 0 atom stereocenters. The van der Waals surface area contributed by atoms with Gasteiger partial charge in [0.2, 0.25) is 5.91 Å². The molecule has 42 heavy (non-hydrogen) atoms. The van der Waals surface area contributed by atoms with E-state index in [1.54, 1.807) is 6.92 Å². The molecule has 0 aromatic heterocycles. The third kappa shape index (κ3) is 13.8. The molecule has 0 N–H and O–H groups in total. The van der Waals surface area contributed by atoms with Crippen LogP contribution in [0.25, 0.3) is 0 Å². The molecule has 1 amide bonds. The molecular formula is C35H52BrClN2O2S. The summed E-state index contributed by atoms with van der Waals surface area (Å²) in [6.45, 7) is 8.21. The Bertz CT molecular complexity index is 1100. The first-order valence-corrected chi connectivity index (χ1v) is 17.2. The Balaban J connectivity index is 0.00000616. The number of amides is 1. The minimum Gasteiger partial charge on any atom is -0.492 e. The summed E-state index contributed by atoms with van der Waals surface area (Å²) >= 11 is 8.32. The van der Waals surface area contributed by atoms with Crippen LogP contribution >= 0.6 is 40.3 Å². The van der Waals surface area contributed by atoms with Gasteiger partial charge in [0, 0.05) is 31.9 Å². The van der Waals surface area contributed by atoms with Crippen molar-refractivity contribution >= 4 is 51.9 Å². The molecule has 0 bridgehead atoms. The van der Waals surface area contributed by atoms with E-state index in [4.69, 9.17) is 16.3 Å². The van der Waals surface area contributed by atoms with E-state index < -0.39 is 0 Å². The number of rotatable bonds is 20. The Morgan fingerprint density at radius 3 is 2.21 bits per heavy atom. The second-order valence-corrected chi connectivity index (χ2v) is 13.0. The molecule has 3 rings (SSSR count). The molecule has 1 heterocycles. The maximum atomic E-state index is 12.6. The number of anilines is 1. The van der Waals surface area contributed by atoms with Gasteiger partial charge in [-0.2, -0.15) is 0 Å². The molecule has 7 heteroatoms. The van der Waals surface area contributed by atoms with Gasteiger partial charge in [-0.25, -0.2) is 0 Å². The summed E-state index contributed by atoms with van der Waals surface area (Å²) in [6.07, 6.45) is 18.9. The summed E-state index contributed by atoms with van der Waals surface area (Å²) in [5.41, 5.74) is 3.27. The molecule has 0 radical (unpaired) electrons. The SMILES string of the molecule is Br.CCCCCCCCCCCCCCOc1cc(CCN(C(C)=O)c2cccc(CN3C=C(C)SC3)c2)ccc1Cl. The van der Waals surface area contributed by atoms with Gasteiger partial charge in [0.1, 0.15) is 5.75 Å². The van der Waals surface area contributed by atoms with Crippen molar-refractivity contribution in [1.82, 2.24) is 4.90 Å². The van der Waals surface area contributed by atoms with E-state index in [0.29, 0.717) is 18.2 Å². The topological polar surface area (TPSA) is 32.8 Å². The number of unbranched alkanes of at least 4 members (excludes halogenated alkanes) is 11. The highest BCUT2D eigenvalue weighted by Crippen LogP contribution is 2.28. The van der Waals surface area contributed by atoms with Crippen LogP contribution in [0.5, 0.6) is 5.75 Å². The molecule has 0 aliphatic carbocycles. The van der Waals surface area contributed by atoms with Gasteiger partial charge in [0.25, 0.3) is 0 Å². The molecule has 234 valence electrons. The third-order valence-electron chi connectivity index (χ3n) is 7.69. The molecule has 1 aliphatic heterocycles. The van der Waals surface area contributed by atoms with Crippen LogP contribution in [0, 0.1) is 0 Å². The first-order valence-electron chi connectivity index (χ1n) is 15.8. The Hall–Kier alpha value is -1.63. The van der Waals surface area contributed by atoms with Gasteiger partial charge in [-0.1, -0.05) is 107 Å². The summed E-state index contributed by atoms with van der Waals surface area (Å²) in [5.74, 6) is 1.77. The van der Waals surface area contributed by atoms with Gasteiger partial charge in [0.05, 0.1) is 17.5 Å². The fourth-order valence-corrected chi connectivity index (χ4v) is 6.24. The fourth-order valence-electron chi connectivity index (χ4n) is 5.31. The number of ether oxygens (including phenoxy) is 1. The van der Waals surface area contributed by atoms with E-state index >= 15 is 0 Å². The number of hydrogen-bond acceptors (Lipinski definition) is 4. The monoisotopic (exact) mass is 678 g/mol. The zero-order valence-electron chi connectivity index (χ0n) is 26.0. The summed E-state index contributed by atoms with van der Waals surface area (Å²) < 4.78 is 6.07. The van der Waals surface area contributed by atoms with E-state index in [0.717, 1.165) is 42.3 Å². The van der Waals surface area contributed by atoms with Crippen molar-refractivity contribution in [3.63, 3.8) is 0 Å². The van der Waals surface area contributed by atoms with Crippen molar-refractivity contribution in [3.8, 4) is 5.75 Å². The molecule has 2 aromatic rings. The molecule has 2 aromatic carbocycles. The first kappa shape index (κ1) is 36.6. The maximum absolute atomic E-state index is 12.6. The number of carbonyl (C=O) groups is 1. The van der Waals surface area contributed by atoms with Crippen LogP contribution in [0.1, 0.15) is 109 Å². The van der Waals surface area contributed by atoms with Crippen LogP contribution in [0.3, 0.4) is 0 Å². The molecule has 1 aliphatic rings. The lowest BCUT2D eigenvalue weighted by Gasteiger charge is -2.23. The normalized spacial score (nSPS) is 12.7. The van der Waals surface area contributed by atoms with Crippen molar-refractivity contribution in [2.45, 2.75) is 111 Å². The number of allylic oxidation sites excluding steroid dienone is 1. The highest BCUT2D eigenvalue weighted by atomic mass is 79.9. The highest BCUT2D eigenvalue weighted by Gasteiger charge is 2.15. The van der Waals surface area contributed by atoms with Crippen molar-refractivity contribution in [2.24, 2.45) is 0 Å². The average Bonchev–Trinajstić information content (AvgIpc) is 3.37. The van der Waals surface area contributed by atoms with Crippen LogP contribution in [0.2, 0.25) is 5.02 Å². The first-order chi connectivity index (χ1) is 20.0. The predicted molar refractivity (Wildman–Crippen MR) is 188 cm³/mol. The lowest BCUT2D eigenvalue weighted by atomic mass is 10.1. The van der Waals surface area contributed by atoms with E-state index in [1.165, 1.54) is 81.1 Å². The zero-order valence-corrected chi connectivity index (χ0v) is 29.3. The molecule has 4 nitrogen and oxygen atoms in total. The van der Waals surface area contributed by atoms with E-state index in [9.17, 15) is 4.79 Å². The van der Waals surface area contributed by atoms with Gasteiger partial charge in [-0.05, 0) is 60.1 Å². The summed E-state index contributed by atoms with van der Waals surface area (Å²) in [4.78, 5) is 18.1. The van der Waals surface area contributed by atoms with Gasteiger partial charge in [0.15, 0.2) is 0 Å². The van der Waals surface area contributed by atoms with Gasteiger partial charge in [-0.15, -0.1) is 28.7 Å². The highest BCUT2D eigenvalue weighted by molar-refractivity contribution is 8.93. The van der Waals surface area contributed by atoms with E-state index in [1.807, 2.05) is 47.0 Å². The molecule has 0 saturated heterocycles. The second kappa shape index (κ2) is 21.1. The van der Waals surface area contributed by atoms with Crippen molar-refractivity contribution in [1.29, 1.82) is 0 Å². The van der Waals surface area contributed by atoms with Crippen LogP contribution in [0.4, 0.5) is 5.69 Å². The fraction of sp³-hybridized carbons (Fsp3) is 0.571. The molecular weight excluding hydrogens is 628 g/mol. The third-order valence-corrected chi connectivity index (χ3v) is 9.02. The Labute approximate surface area is 275 Å². The Kier molecular flexibility index (Phi) is 18.4. The summed E-state index contributed by atoms with van der Waals surface area (Å²) in [7, 11) is 0. The number of hydrogen-bond donors (Lipinski definition) is 0. The quantitative estimate of drug-likeness (QED) is 0.130. The van der Waals surface area contributed by atoms with Gasteiger partial charge >= 0.3 is 0 Å². The minimum absolute atomic E-state index is 0. The largest absolute Gasteiger partial charge is 0.492 e. The van der Waals surface area contributed by atoms with Gasteiger partial charge in [-0.3, -0.25) is 4.79 Å². The number of thioether (sulfide) groups is 1. The van der Waals surface area contributed by atoms with Crippen molar-refractivity contribution in [3.05, 3.63) is 69.7 Å². The molecule has 0 saturated carbocycles. The van der Waals surface area contributed by atoms with Crippen LogP contribution in [-0.2, 0) is 17.8 Å². The number of nitrogens with zero attached hydrogens (tertiary/aromatic N) is 2. The van der Waals surface area contributed by atoms with Crippen LogP contribution in [-0.4, -0.2) is 29.8 Å². The lowest BCUT2D eigenvalue weighted by molar-refractivity contribution is -0.116. The number of benzene rings is 2. The smallest absolute Gasteiger partial charge is 0.223 e. The minimum atomic E-state index is 0. The van der Waals surface area contributed by atoms with Crippen molar-refractivity contribution in [2.75, 3.05) is 23.9 Å². The Morgan fingerprint density at radius 1 is 0.929 bits per heavy atom.